The molecule has 20 heavy (non-hydrogen) atoms. The van der Waals surface area contributed by atoms with E-state index in [0.29, 0.717) is 12.5 Å². The molecule has 0 spiro atoms. The van der Waals surface area contributed by atoms with Crippen molar-refractivity contribution in [1.82, 2.24) is 10.2 Å². The Bertz CT molecular complexity index is 483. The summed E-state index contributed by atoms with van der Waals surface area (Å²) in [6.45, 7) is 1.30. The number of rotatable bonds is 2. The van der Waals surface area contributed by atoms with E-state index in [2.05, 4.69) is 16.4 Å². The van der Waals surface area contributed by atoms with Crippen LogP contribution in [-0.4, -0.2) is 37.2 Å². The molecule has 0 aromatic heterocycles. The molecule has 3 nitrogen and oxygen atoms in total. The standard InChI is InChI=1S/C14H18F3N3/c1-18-13(19-8-7-14(15,16)17)20-9-6-11-4-2-3-5-12(11)10-20/h2-5H,6-10H2,1H3,(H,18,19). The summed E-state index contributed by atoms with van der Waals surface area (Å²) in [5.41, 5.74) is 2.51. The van der Waals surface area contributed by atoms with E-state index < -0.39 is 12.6 Å². The molecular formula is C14H18F3N3. The van der Waals surface area contributed by atoms with Gasteiger partial charge in [0.15, 0.2) is 5.96 Å². The third-order valence-electron chi connectivity index (χ3n) is 3.33. The van der Waals surface area contributed by atoms with Gasteiger partial charge in [-0.05, 0) is 17.5 Å². The van der Waals surface area contributed by atoms with Crippen LogP contribution in [0.25, 0.3) is 0 Å². The highest BCUT2D eigenvalue weighted by Crippen LogP contribution is 2.20. The second-order valence-electron chi connectivity index (χ2n) is 4.78. The fourth-order valence-electron chi connectivity index (χ4n) is 2.32. The van der Waals surface area contributed by atoms with E-state index in [0.717, 1.165) is 13.0 Å². The van der Waals surface area contributed by atoms with Crippen LogP contribution in [0, 0.1) is 0 Å². The van der Waals surface area contributed by atoms with Crippen molar-refractivity contribution in [2.75, 3.05) is 20.1 Å². The molecular weight excluding hydrogens is 267 g/mol. The van der Waals surface area contributed by atoms with Gasteiger partial charge in [-0.25, -0.2) is 0 Å². The summed E-state index contributed by atoms with van der Waals surface area (Å²) < 4.78 is 36.5. The average Bonchev–Trinajstić information content (AvgIpc) is 2.42. The lowest BCUT2D eigenvalue weighted by atomic mass is 10.0. The van der Waals surface area contributed by atoms with E-state index in [-0.39, 0.29) is 6.54 Å². The van der Waals surface area contributed by atoms with Gasteiger partial charge in [-0.3, -0.25) is 4.99 Å². The van der Waals surface area contributed by atoms with Crippen molar-refractivity contribution in [1.29, 1.82) is 0 Å². The molecule has 1 N–H and O–H groups in total. The molecule has 6 heteroatoms. The van der Waals surface area contributed by atoms with E-state index in [1.165, 1.54) is 11.1 Å². The summed E-state index contributed by atoms with van der Waals surface area (Å²) >= 11 is 0. The number of nitrogens with one attached hydrogen (secondary N) is 1. The zero-order chi connectivity index (χ0) is 14.6. The van der Waals surface area contributed by atoms with Crippen molar-refractivity contribution in [3.63, 3.8) is 0 Å². The van der Waals surface area contributed by atoms with E-state index in [4.69, 9.17) is 0 Å². The number of hydrogen-bond donors (Lipinski definition) is 1. The Kier molecular flexibility index (Phi) is 4.52. The Morgan fingerprint density at radius 2 is 2.00 bits per heavy atom. The van der Waals surface area contributed by atoms with Crippen molar-refractivity contribution < 1.29 is 13.2 Å². The molecule has 0 amide bonds. The first-order valence-electron chi connectivity index (χ1n) is 6.59. The Hall–Kier alpha value is -1.72. The summed E-state index contributed by atoms with van der Waals surface area (Å²) in [7, 11) is 1.59. The third-order valence-corrected chi connectivity index (χ3v) is 3.33. The molecule has 1 aromatic rings. The molecule has 0 atom stereocenters. The fraction of sp³-hybridized carbons (Fsp3) is 0.500. The molecule has 2 rings (SSSR count). The van der Waals surface area contributed by atoms with Gasteiger partial charge >= 0.3 is 6.18 Å². The Balaban J connectivity index is 1.94. The maximum atomic E-state index is 12.2. The third kappa shape index (κ3) is 3.88. The largest absolute Gasteiger partial charge is 0.390 e. The smallest absolute Gasteiger partial charge is 0.356 e. The summed E-state index contributed by atoms with van der Waals surface area (Å²) in [5.74, 6) is 0.531. The highest BCUT2D eigenvalue weighted by molar-refractivity contribution is 5.80. The number of guanidine groups is 1. The summed E-state index contributed by atoms with van der Waals surface area (Å²) in [6, 6.07) is 8.12. The number of fused-ring (bicyclic) bond motifs is 1. The zero-order valence-corrected chi connectivity index (χ0v) is 11.4. The predicted octanol–water partition coefficient (Wildman–Crippen LogP) is 2.57. The van der Waals surface area contributed by atoms with E-state index >= 15 is 0 Å². The molecule has 0 saturated carbocycles. The molecule has 1 aliphatic heterocycles. The lowest BCUT2D eigenvalue weighted by molar-refractivity contribution is -0.132. The van der Waals surface area contributed by atoms with Crippen LogP contribution in [0.15, 0.2) is 29.3 Å². The van der Waals surface area contributed by atoms with Crippen LogP contribution in [0.4, 0.5) is 13.2 Å². The molecule has 110 valence electrons. The van der Waals surface area contributed by atoms with Crippen molar-refractivity contribution in [3.8, 4) is 0 Å². The average molecular weight is 285 g/mol. The van der Waals surface area contributed by atoms with Gasteiger partial charge in [0.25, 0.3) is 0 Å². The molecule has 0 saturated heterocycles. The fourth-order valence-corrected chi connectivity index (χ4v) is 2.32. The minimum atomic E-state index is -4.14. The van der Waals surface area contributed by atoms with E-state index in [1.807, 2.05) is 23.1 Å². The van der Waals surface area contributed by atoms with E-state index in [9.17, 15) is 13.2 Å². The molecule has 0 unspecified atom stereocenters. The molecule has 0 aliphatic carbocycles. The second kappa shape index (κ2) is 6.15. The van der Waals surface area contributed by atoms with Crippen LogP contribution in [0.1, 0.15) is 17.5 Å². The number of hydrogen-bond acceptors (Lipinski definition) is 1. The summed E-state index contributed by atoms with van der Waals surface area (Å²) in [6.07, 6.45) is -4.10. The first-order valence-corrected chi connectivity index (χ1v) is 6.59. The molecule has 1 aromatic carbocycles. The minimum absolute atomic E-state index is 0.145. The van der Waals surface area contributed by atoms with Crippen molar-refractivity contribution in [2.45, 2.75) is 25.6 Å². The van der Waals surface area contributed by atoms with Gasteiger partial charge in [0.05, 0.1) is 6.42 Å². The Morgan fingerprint density at radius 1 is 1.30 bits per heavy atom. The molecule has 0 fully saturated rings. The number of alkyl halides is 3. The summed E-state index contributed by atoms with van der Waals surface area (Å²) in [5, 5.41) is 2.78. The lowest BCUT2D eigenvalue weighted by Gasteiger charge is -2.31. The van der Waals surface area contributed by atoms with Gasteiger partial charge < -0.3 is 10.2 Å². The van der Waals surface area contributed by atoms with Crippen molar-refractivity contribution in [3.05, 3.63) is 35.4 Å². The lowest BCUT2D eigenvalue weighted by Crippen LogP contribution is -2.44. The van der Waals surface area contributed by atoms with Gasteiger partial charge in [0.2, 0.25) is 0 Å². The monoisotopic (exact) mass is 285 g/mol. The Labute approximate surface area is 116 Å². The maximum absolute atomic E-state index is 12.2. The second-order valence-corrected chi connectivity index (χ2v) is 4.78. The van der Waals surface area contributed by atoms with E-state index in [1.54, 1.807) is 7.05 Å². The van der Waals surface area contributed by atoms with Gasteiger partial charge in [-0.15, -0.1) is 0 Å². The van der Waals surface area contributed by atoms with Gasteiger partial charge in [-0.1, -0.05) is 24.3 Å². The van der Waals surface area contributed by atoms with Crippen molar-refractivity contribution in [2.24, 2.45) is 4.99 Å². The minimum Gasteiger partial charge on any atom is -0.356 e. The van der Waals surface area contributed by atoms with Crippen LogP contribution >= 0.6 is 0 Å². The topological polar surface area (TPSA) is 27.6 Å². The van der Waals surface area contributed by atoms with Crippen LogP contribution in [0.3, 0.4) is 0 Å². The summed E-state index contributed by atoms with van der Waals surface area (Å²) in [4.78, 5) is 6.05. The zero-order valence-electron chi connectivity index (χ0n) is 11.4. The van der Waals surface area contributed by atoms with Crippen LogP contribution in [-0.2, 0) is 13.0 Å². The quantitative estimate of drug-likeness (QED) is 0.668. The molecule has 1 aliphatic rings. The van der Waals surface area contributed by atoms with Gasteiger partial charge in [0, 0.05) is 26.7 Å². The van der Waals surface area contributed by atoms with Gasteiger partial charge in [0.1, 0.15) is 0 Å². The predicted molar refractivity (Wildman–Crippen MR) is 72.6 cm³/mol. The number of halogens is 3. The highest BCUT2D eigenvalue weighted by atomic mass is 19.4. The normalized spacial score (nSPS) is 16.0. The number of aliphatic imine (C=N–C) groups is 1. The first-order chi connectivity index (χ1) is 9.49. The molecule has 0 bridgehead atoms. The first kappa shape index (κ1) is 14.7. The van der Waals surface area contributed by atoms with Crippen molar-refractivity contribution >= 4 is 5.96 Å². The molecule has 0 radical (unpaired) electrons. The number of nitrogens with zero attached hydrogens (tertiary/aromatic N) is 2. The Morgan fingerprint density at radius 3 is 2.65 bits per heavy atom. The molecule has 1 heterocycles. The maximum Gasteiger partial charge on any atom is 0.390 e. The van der Waals surface area contributed by atoms with Gasteiger partial charge in [-0.2, -0.15) is 13.2 Å². The number of benzene rings is 1. The SMILES string of the molecule is CN=C(NCCC(F)(F)F)N1CCc2ccccc2C1. The highest BCUT2D eigenvalue weighted by Gasteiger charge is 2.27. The van der Waals surface area contributed by atoms with Crippen LogP contribution in [0.2, 0.25) is 0 Å². The van der Waals surface area contributed by atoms with Crippen LogP contribution < -0.4 is 5.32 Å². The van der Waals surface area contributed by atoms with Crippen LogP contribution in [0.5, 0.6) is 0 Å².